The highest BCUT2D eigenvalue weighted by molar-refractivity contribution is 6.15. The molecule has 0 heterocycles. The van der Waals surface area contributed by atoms with Crippen LogP contribution in [0, 0.1) is 0 Å². The molecule has 0 bridgehead atoms. The molecule has 0 radical (unpaired) electrons. The zero-order valence-corrected chi connectivity index (χ0v) is 27.2. The number of hydrogen-bond acceptors (Lipinski definition) is 3. The number of ketones is 1. The maximum Gasteiger partial charge on any atom is 0.189 e. The molecule has 0 unspecified atom stereocenters. The average Bonchev–Trinajstić information content (AvgIpc) is 3.09. The Balaban J connectivity index is 1.61. The van der Waals surface area contributed by atoms with Gasteiger partial charge in [0.1, 0.15) is 0 Å². The molecule has 0 atom stereocenters. The van der Waals surface area contributed by atoms with Crippen LogP contribution in [0.1, 0.15) is 61.9 Å². The molecule has 3 nitrogen and oxygen atoms in total. The maximum absolute atomic E-state index is 13.3. The van der Waals surface area contributed by atoms with Crippen LogP contribution in [0.3, 0.4) is 0 Å². The van der Waals surface area contributed by atoms with Crippen LogP contribution in [0.4, 0.5) is 17.1 Å². The van der Waals surface area contributed by atoms with Crippen LogP contribution >= 0.6 is 0 Å². The molecule has 0 N–H and O–H groups in total. The van der Waals surface area contributed by atoms with Gasteiger partial charge in [0.2, 0.25) is 0 Å². The third-order valence-electron chi connectivity index (χ3n) is 8.49. The summed E-state index contributed by atoms with van der Waals surface area (Å²) in [5, 5.41) is 2.18. The summed E-state index contributed by atoms with van der Waals surface area (Å²) < 4.78 is 0. The van der Waals surface area contributed by atoms with E-state index in [0.717, 1.165) is 47.0 Å². The SMILES string of the molecule is C=C/C(C=O)=C(\C=C/C)C(=O)C(C)=Cc1ccc2cc(N(c3ccccc3)c3cc4c(c(CC)c3/C=C\C)CCC=C4)ccc2c1. The van der Waals surface area contributed by atoms with Crippen LogP contribution in [-0.4, -0.2) is 12.1 Å². The number of nitrogens with zero attached hydrogens (tertiary/aromatic N) is 1. The van der Waals surface area contributed by atoms with E-state index in [9.17, 15) is 9.59 Å². The number of benzene rings is 4. The van der Waals surface area contributed by atoms with E-state index in [-0.39, 0.29) is 11.4 Å². The lowest BCUT2D eigenvalue weighted by Gasteiger charge is -2.30. The topological polar surface area (TPSA) is 37.4 Å². The standard InChI is InChI=1S/C43H41NO2/c1-6-15-40(32(8-3)29-45)43(46)30(5)25-31-21-22-34-27-37(24-23-33(34)26-31)44(36-18-11-10-12-19-36)42-28-35-17-13-14-20-39(35)38(9-4)41(42)16-7-2/h6-8,10-13,15-19,21-29H,3,9,14,20H2,1-2,4-5H3/b15-6-,16-7-,30-25?,40-32-. The first kappa shape index (κ1) is 32.1. The molecule has 1 aliphatic rings. The normalized spacial score (nSPS) is 13.6. The van der Waals surface area contributed by atoms with Gasteiger partial charge in [0, 0.05) is 28.1 Å². The van der Waals surface area contributed by atoms with Gasteiger partial charge in [-0.3, -0.25) is 9.59 Å². The van der Waals surface area contributed by atoms with Crippen molar-refractivity contribution in [3.63, 3.8) is 0 Å². The van der Waals surface area contributed by atoms with Crippen LogP contribution in [0.5, 0.6) is 0 Å². The molecule has 230 valence electrons. The molecular weight excluding hydrogens is 562 g/mol. The van der Waals surface area contributed by atoms with Crippen molar-refractivity contribution in [2.45, 2.75) is 47.0 Å². The first-order valence-electron chi connectivity index (χ1n) is 16.0. The van der Waals surface area contributed by atoms with Crippen molar-refractivity contribution >= 4 is 58.1 Å². The van der Waals surface area contributed by atoms with E-state index in [0.29, 0.717) is 17.4 Å². The maximum atomic E-state index is 13.3. The Morgan fingerprint density at radius 2 is 1.70 bits per heavy atom. The number of hydrogen-bond donors (Lipinski definition) is 0. The summed E-state index contributed by atoms with van der Waals surface area (Å²) in [5.74, 6) is -0.197. The number of Topliss-reactive ketones (excluding diaryl/α,β-unsaturated/α-hetero) is 1. The molecule has 46 heavy (non-hydrogen) atoms. The molecule has 0 saturated heterocycles. The predicted octanol–water partition coefficient (Wildman–Crippen LogP) is 11.1. The lowest BCUT2D eigenvalue weighted by atomic mass is 9.86. The number of aldehydes is 1. The molecule has 1 aliphatic carbocycles. The minimum atomic E-state index is -0.197. The third-order valence-corrected chi connectivity index (χ3v) is 8.49. The van der Waals surface area contributed by atoms with Crippen molar-refractivity contribution in [3.05, 3.63) is 154 Å². The quantitative estimate of drug-likeness (QED) is 0.0972. The van der Waals surface area contributed by atoms with Gasteiger partial charge in [-0.25, -0.2) is 0 Å². The minimum Gasteiger partial charge on any atom is -0.310 e. The second-order valence-electron chi connectivity index (χ2n) is 11.5. The lowest BCUT2D eigenvalue weighted by Crippen LogP contribution is -2.14. The fourth-order valence-electron chi connectivity index (χ4n) is 6.33. The van der Waals surface area contributed by atoms with Gasteiger partial charge < -0.3 is 4.90 Å². The summed E-state index contributed by atoms with van der Waals surface area (Å²) in [5.41, 5.74) is 10.9. The summed E-state index contributed by atoms with van der Waals surface area (Å²) in [7, 11) is 0. The van der Waals surface area contributed by atoms with E-state index in [1.165, 1.54) is 34.0 Å². The Bertz CT molecular complexity index is 1940. The van der Waals surface area contributed by atoms with Gasteiger partial charge in [-0.05, 0) is 121 Å². The summed E-state index contributed by atoms with van der Waals surface area (Å²) in [6.07, 6.45) is 19.5. The Kier molecular flexibility index (Phi) is 10.2. The third kappa shape index (κ3) is 6.55. The van der Waals surface area contributed by atoms with E-state index >= 15 is 0 Å². The van der Waals surface area contributed by atoms with Crippen LogP contribution < -0.4 is 4.90 Å². The fraction of sp³-hybridized carbons (Fsp3) is 0.163. The molecule has 0 amide bonds. The van der Waals surface area contributed by atoms with Crippen LogP contribution in [0.2, 0.25) is 0 Å². The Morgan fingerprint density at radius 3 is 2.39 bits per heavy atom. The second-order valence-corrected chi connectivity index (χ2v) is 11.5. The smallest absolute Gasteiger partial charge is 0.189 e. The monoisotopic (exact) mass is 603 g/mol. The zero-order chi connectivity index (χ0) is 32.6. The highest BCUT2D eigenvalue weighted by Crippen LogP contribution is 2.42. The summed E-state index contributed by atoms with van der Waals surface area (Å²) >= 11 is 0. The van der Waals surface area contributed by atoms with Gasteiger partial charge in [0.15, 0.2) is 12.1 Å². The molecule has 0 aromatic heterocycles. The molecule has 0 saturated carbocycles. The fourth-order valence-corrected chi connectivity index (χ4v) is 6.33. The number of para-hydroxylation sites is 1. The van der Waals surface area contributed by atoms with Gasteiger partial charge in [0.25, 0.3) is 0 Å². The van der Waals surface area contributed by atoms with Crippen molar-refractivity contribution in [1.29, 1.82) is 0 Å². The van der Waals surface area contributed by atoms with E-state index in [1.54, 1.807) is 19.1 Å². The predicted molar refractivity (Wildman–Crippen MR) is 197 cm³/mol. The molecule has 4 aromatic carbocycles. The highest BCUT2D eigenvalue weighted by atomic mass is 16.1. The molecule has 0 fully saturated rings. The van der Waals surface area contributed by atoms with Crippen LogP contribution in [0.15, 0.2) is 126 Å². The van der Waals surface area contributed by atoms with Crippen molar-refractivity contribution in [3.8, 4) is 0 Å². The van der Waals surface area contributed by atoms with Crippen LogP contribution in [-0.2, 0) is 22.4 Å². The number of anilines is 3. The average molecular weight is 604 g/mol. The van der Waals surface area contributed by atoms with Crippen molar-refractivity contribution < 1.29 is 9.59 Å². The van der Waals surface area contributed by atoms with E-state index in [2.05, 4.69) is 116 Å². The van der Waals surface area contributed by atoms with Gasteiger partial charge in [-0.15, -0.1) is 0 Å². The number of carbonyl (C=O) groups is 2. The number of allylic oxidation sites excluding steroid dienone is 8. The molecular formula is C43H41NO2. The van der Waals surface area contributed by atoms with Gasteiger partial charge >= 0.3 is 0 Å². The number of rotatable bonds is 11. The highest BCUT2D eigenvalue weighted by Gasteiger charge is 2.22. The van der Waals surface area contributed by atoms with E-state index < -0.39 is 0 Å². The van der Waals surface area contributed by atoms with Gasteiger partial charge in [0.05, 0.1) is 5.69 Å². The molecule has 3 heteroatoms. The second kappa shape index (κ2) is 14.7. The Hall–Kier alpha value is -5.28. The first-order valence-corrected chi connectivity index (χ1v) is 16.0. The van der Waals surface area contributed by atoms with Crippen molar-refractivity contribution in [1.82, 2.24) is 0 Å². The summed E-state index contributed by atoms with van der Waals surface area (Å²) in [6, 6.07) is 25.7. The Morgan fingerprint density at radius 1 is 0.935 bits per heavy atom. The van der Waals surface area contributed by atoms with E-state index in [4.69, 9.17) is 0 Å². The van der Waals surface area contributed by atoms with E-state index in [1.807, 2.05) is 19.1 Å². The summed E-state index contributed by atoms with van der Waals surface area (Å²) in [4.78, 5) is 27.2. The zero-order valence-electron chi connectivity index (χ0n) is 27.2. The van der Waals surface area contributed by atoms with Crippen molar-refractivity contribution in [2.75, 3.05) is 4.90 Å². The number of carbonyl (C=O) groups excluding carboxylic acids is 2. The number of fused-ring (bicyclic) bond motifs is 2. The minimum absolute atomic E-state index is 0.197. The van der Waals surface area contributed by atoms with Gasteiger partial charge in [-0.1, -0.05) is 92.4 Å². The van der Waals surface area contributed by atoms with Gasteiger partial charge in [-0.2, -0.15) is 0 Å². The van der Waals surface area contributed by atoms with Crippen molar-refractivity contribution in [2.24, 2.45) is 0 Å². The van der Waals surface area contributed by atoms with Crippen LogP contribution in [0.25, 0.3) is 29.0 Å². The molecule has 0 spiro atoms. The lowest BCUT2D eigenvalue weighted by molar-refractivity contribution is -0.112. The molecule has 4 aromatic rings. The molecule has 0 aliphatic heterocycles. The Labute approximate surface area is 273 Å². The summed E-state index contributed by atoms with van der Waals surface area (Å²) in [6.45, 7) is 11.6. The first-order chi connectivity index (χ1) is 22.4. The largest absolute Gasteiger partial charge is 0.310 e. The molecule has 5 rings (SSSR count).